The van der Waals surface area contributed by atoms with Crippen molar-refractivity contribution in [3.8, 4) is 5.75 Å². The summed E-state index contributed by atoms with van der Waals surface area (Å²) < 4.78 is 5.70. The Kier molecular flexibility index (Phi) is 8.22. The smallest absolute Gasteiger partial charge is 0.323 e. The van der Waals surface area contributed by atoms with E-state index in [1.807, 2.05) is 56.6 Å². The van der Waals surface area contributed by atoms with Gasteiger partial charge in [0, 0.05) is 29.2 Å². The minimum absolute atomic E-state index is 0.232. The molecule has 3 rings (SSSR count). The Hall–Kier alpha value is -3.84. The number of nitrogens with one attached hydrogen (secondary N) is 3. The molecule has 3 amide bonds. The van der Waals surface area contributed by atoms with Crippen molar-refractivity contribution >= 4 is 29.0 Å². The molecular formula is C25H28N4O3. The van der Waals surface area contributed by atoms with Gasteiger partial charge in [-0.3, -0.25) is 4.79 Å². The van der Waals surface area contributed by atoms with Crippen LogP contribution in [0.4, 0.5) is 21.9 Å². The fourth-order valence-corrected chi connectivity index (χ4v) is 2.93. The van der Waals surface area contributed by atoms with E-state index in [9.17, 15) is 9.59 Å². The topological polar surface area (TPSA) is 82.7 Å². The highest BCUT2D eigenvalue weighted by atomic mass is 16.5. The lowest BCUT2D eigenvalue weighted by Gasteiger charge is -2.11. The van der Waals surface area contributed by atoms with Crippen molar-refractivity contribution in [3.63, 3.8) is 0 Å². The van der Waals surface area contributed by atoms with Crippen LogP contribution < -0.4 is 20.7 Å². The predicted octanol–water partition coefficient (Wildman–Crippen LogP) is 4.91. The minimum atomic E-state index is -0.350. The molecule has 0 bridgehead atoms. The van der Waals surface area contributed by atoms with Crippen molar-refractivity contribution < 1.29 is 14.3 Å². The van der Waals surface area contributed by atoms with Gasteiger partial charge >= 0.3 is 6.03 Å². The van der Waals surface area contributed by atoms with Crippen LogP contribution in [0.25, 0.3) is 0 Å². The Bertz CT molecular complexity index is 1000. The van der Waals surface area contributed by atoms with E-state index >= 15 is 0 Å². The molecule has 0 fully saturated rings. The number of amides is 3. The second-order valence-corrected chi connectivity index (χ2v) is 7.51. The summed E-state index contributed by atoms with van der Waals surface area (Å²) in [6.07, 6.45) is 0.949. The number of hydrogen-bond acceptors (Lipinski definition) is 4. The number of benzene rings is 3. The highest BCUT2D eigenvalue weighted by Crippen LogP contribution is 2.18. The number of ether oxygens (including phenoxy) is 1. The third-order valence-electron chi connectivity index (χ3n) is 4.57. The van der Waals surface area contributed by atoms with Gasteiger partial charge in [0.25, 0.3) is 5.91 Å². The Morgan fingerprint density at radius 2 is 1.31 bits per heavy atom. The highest BCUT2D eigenvalue weighted by molar-refractivity contribution is 6.05. The Labute approximate surface area is 188 Å². The van der Waals surface area contributed by atoms with Crippen molar-refractivity contribution in [2.24, 2.45) is 0 Å². The van der Waals surface area contributed by atoms with Crippen molar-refractivity contribution in [1.82, 2.24) is 4.90 Å². The molecule has 0 aliphatic heterocycles. The first-order chi connectivity index (χ1) is 15.5. The lowest BCUT2D eigenvalue weighted by Crippen LogP contribution is -2.19. The number of carbonyl (C=O) groups excluding carboxylic acids is 2. The van der Waals surface area contributed by atoms with E-state index in [-0.39, 0.29) is 11.9 Å². The average Bonchev–Trinajstić information content (AvgIpc) is 2.79. The van der Waals surface area contributed by atoms with Gasteiger partial charge in [-0.05, 0) is 81.2 Å². The van der Waals surface area contributed by atoms with Gasteiger partial charge in [0.1, 0.15) is 5.75 Å². The van der Waals surface area contributed by atoms with E-state index in [1.165, 1.54) is 0 Å². The number of urea groups is 1. The molecule has 0 aliphatic rings. The fourth-order valence-electron chi connectivity index (χ4n) is 2.93. The number of rotatable bonds is 9. The molecule has 0 unspecified atom stereocenters. The zero-order valence-electron chi connectivity index (χ0n) is 18.3. The molecule has 0 saturated heterocycles. The van der Waals surface area contributed by atoms with Gasteiger partial charge in [-0.25, -0.2) is 4.79 Å². The first-order valence-electron chi connectivity index (χ1n) is 10.4. The molecule has 0 radical (unpaired) electrons. The molecule has 3 N–H and O–H groups in total. The number of carbonyl (C=O) groups is 2. The largest absolute Gasteiger partial charge is 0.494 e. The molecule has 0 heterocycles. The summed E-state index contributed by atoms with van der Waals surface area (Å²) in [5, 5.41) is 8.34. The second-order valence-electron chi connectivity index (χ2n) is 7.51. The molecule has 0 aliphatic carbocycles. The molecule has 0 saturated carbocycles. The monoisotopic (exact) mass is 432 g/mol. The van der Waals surface area contributed by atoms with Crippen LogP contribution in [0.5, 0.6) is 5.75 Å². The molecule has 0 atom stereocenters. The van der Waals surface area contributed by atoms with Crippen LogP contribution in [0, 0.1) is 0 Å². The van der Waals surface area contributed by atoms with E-state index in [2.05, 4.69) is 20.9 Å². The van der Waals surface area contributed by atoms with Crippen LogP contribution in [0.15, 0.2) is 78.9 Å². The second kappa shape index (κ2) is 11.5. The zero-order chi connectivity index (χ0) is 22.8. The van der Waals surface area contributed by atoms with Gasteiger partial charge in [0.15, 0.2) is 0 Å². The van der Waals surface area contributed by atoms with Crippen molar-refractivity contribution in [1.29, 1.82) is 0 Å². The van der Waals surface area contributed by atoms with Crippen LogP contribution in [0.1, 0.15) is 16.8 Å². The third-order valence-corrected chi connectivity index (χ3v) is 4.57. The number of nitrogens with zero attached hydrogens (tertiary/aromatic N) is 1. The zero-order valence-corrected chi connectivity index (χ0v) is 18.3. The van der Waals surface area contributed by atoms with Crippen LogP contribution >= 0.6 is 0 Å². The average molecular weight is 433 g/mol. The molecule has 7 heteroatoms. The summed E-state index contributed by atoms with van der Waals surface area (Å²) in [5.41, 5.74) is 2.46. The molecule has 166 valence electrons. The van der Waals surface area contributed by atoms with Crippen LogP contribution in [0.2, 0.25) is 0 Å². The molecule has 0 aromatic heterocycles. The summed E-state index contributed by atoms with van der Waals surface area (Å²) >= 11 is 0. The van der Waals surface area contributed by atoms with Gasteiger partial charge in [0.05, 0.1) is 6.61 Å². The molecule has 32 heavy (non-hydrogen) atoms. The Balaban J connectivity index is 1.47. The van der Waals surface area contributed by atoms with Crippen molar-refractivity contribution in [2.45, 2.75) is 6.42 Å². The summed E-state index contributed by atoms with van der Waals surface area (Å²) in [6.45, 7) is 1.62. The SMILES string of the molecule is CN(C)CCCOc1ccc(NC(=O)c2ccc(NC(=O)Nc3ccccc3)cc2)cc1. The van der Waals surface area contributed by atoms with Crippen molar-refractivity contribution in [3.05, 3.63) is 84.4 Å². The van der Waals surface area contributed by atoms with Gasteiger partial charge in [-0.15, -0.1) is 0 Å². The molecule has 3 aromatic carbocycles. The van der Waals surface area contributed by atoms with Crippen LogP contribution in [0.3, 0.4) is 0 Å². The van der Waals surface area contributed by atoms with E-state index in [1.54, 1.807) is 36.4 Å². The lowest BCUT2D eigenvalue weighted by atomic mass is 10.2. The van der Waals surface area contributed by atoms with E-state index < -0.39 is 0 Å². The van der Waals surface area contributed by atoms with Gasteiger partial charge in [-0.2, -0.15) is 0 Å². The van der Waals surface area contributed by atoms with Gasteiger partial charge in [-0.1, -0.05) is 18.2 Å². The van der Waals surface area contributed by atoms with E-state index in [4.69, 9.17) is 4.74 Å². The minimum Gasteiger partial charge on any atom is -0.494 e. The van der Waals surface area contributed by atoms with Crippen LogP contribution in [-0.2, 0) is 0 Å². The molecule has 0 spiro atoms. The maximum Gasteiger partial charge on any atom is 0.323 e. The van der Waals surface area contributed by atoms with E-state index in [0.29, 0.717) is 29.2 Å². The van der Waals surface area contributed by atoms with Gasteiger partial charge in [0.2, 0.25) is 0 Å². The Morgan fingerprint density at radius 3 is 1.94 bits per heavy atom. The molecule has 7 nitrogen and oxygen atoms in total. The first-order valence-corrected chi connectivity index (χ1v) is 10.4. The number of para-hydroxylation sites is 1. The maximum atomic E-state index is 12.5. The standard InChI is InChI=1S/C25H28N4O3/c1-29(2)17-6-18-32-23-15-13-21(14-16-23)26-24(30)19-9-11-22(12-10-19)28-25(31)27-20-7-4-3-5-8-20/h3-5,7-16H,6,17-18H2,1-2H3,(H,26,30)(H2,27,28,31). The van der Waals surface area contributed by atoms with Gasteiger partial charge < -0.3 is 25.6 Å². The van der Waals surface area contributed by atoms with Crippen molar-refractivity contribution in [2.75, 3.05) is 43.2 Å². The summed E-state index contributed by atoms with van der Waals surface area (Å²) in [5.74, 6) is 0.538. The normalized spacial score (nSPS) is 10.5. The lowest BCUT2D eigenvalue weighted by molar-refractivity contribution is 0.102. The maximum absolute atomic E-state index is 12.5. The fraction of sp³-hybridized carbons (Fsp3) is 0.200. The first kappa shape index (κ1) is 22.8. The van der Waals surface area contributed by atoms with Crippen LogP contribution in [-0.4, -0.2) is 44.1 Å². The summed E-state index contributed by atoms with van der Waals surface area (Å²) in [7, 11) is 4.06. The van der Waals surface area contributed by atoms with E-state index in [0.717, 1.165) is 18.7 Å². The highest BCUT2D eigenvalue weighted by Gasteiger charge is 2.08. The Morgan fingerprint density at radius 1 is 0.750 bits per heavy atom. The number of hydrogen-bond donors (Lipinski definition) is 3. The number of anilines is 3. The summed E-state index contributed by atoms with van der Waals surface area (Å²) in [4.78, 5) is 26.7. The third kappa shape index (κ3) is 7.45. The molecular weight excluding hydrogens is 404 g/mol. The molecule has 3 aromatic rings. The summed E-state index contributed by atoms with van der Waals surface area (Å²) in [6, 6.07) is 22.8. The quantitative estimate of drug-likeness (QED) is 0.420. The predicted molar refractivity (Wildman–Crippen MR) is 129 cm³/mol.